The molecule has 1 fully saturated rings. The normalized spacial score (nSPS) is 20.0. The van der Waals surface area contributed by atoms with Crippen molar-refractivity contribution in [3.63, 3.8) is 0 Å². The van der Waals surface area contributed by atoms with Gasteiger partial charge in [0.25, 0.3) is 5.92 Å². The third-order valence-corrected chi connectivity index (χ3v) is 6.42. The fraction of sp³-hybridized carbons (Fsp3) is 0.296. The number of alkyl halides is 2. The number of likely N-dealkylation sites (tertiary alicyclic amines) is 1. The van der Waals surface area contributed by atoms with Gasteiger partial charge in [-0.1, -0.05) is 0 Å². The fourth-order valence-corrected chi connectivity index (χ4v) is 4.46. The van der Waals surface area contributed by atoms with E-state index in [0.717, 1.165) is 0 Å². The highest BCUT2D eigenvalue weighted by atomic mass is 19.3. The molecule has 13 heteroatoms. The van der Waals surface area contributed by atoms with Crippen LogP contribution >= 0.6 is 0 Å². The van der Waals surface area contributed by atoms with E-state index in [1.807, 2.05) is 0 Å². The van der Waals surface area contributed by atoms with Crippen molar-refractivity contribution in [3.8, 4) is 23.1 Å². The zero-order valence-electron chi connectivity index (χ0n) is 27.0. The first-order chi connectivity index (χ1) is 21.7. The summed E-state index contributed by atoms with van der Waals surface area (Å²) in [5.74, 6) is -3.35. The summed E-state index contributed by atoms with van der Waals surface area (Å²) in [5, 5.41) is 7.21. The van der Waals surface area contributed by atoms with Gasteiger partial charge in [0.15, 0.2) is 23.3 Å². The predicted octanol–water partition coefficient (Wildman–Crippen LogP) is 4.64. The largest absolute Gasteiger partial charge is 0.493 e. The number of benzene rings is 2. The third-order valence-electron chi connectivity index (χ3n) is 6.42. The van der Waals surface area contributed by atoms with Crippen molar-refractivity contribution in [2.75, 3.05) is 32.4 Å². The van der Waals surface area contributed by atoms with E-state index in [0.29, 0.717) is 33.4 Å². The second kappa shape index (κ2) is 10.2. The number of aryl methyl sites for hydroxylation is 1. The van der Waals surface area contributed by atoms with Crippen LogP contribution in [-0.4, -0.2) is 73.6 Å². The van der Waals surface area contributed by atoms with E-state index in [-0.39, 0.29) is 41.2 Å². The molecule has 3 aromatic heterocycles. The molecule has 0 amide bonds. The first-order valence-electron chi connectivity index (χ1n) is 15.1. The lowest BCUT2D eigenvalue weighted by molar-refractivity contribution is -0.135. The van der Waals surface area contributed by atoms with Crippen molar-refractivity contribution in [2.45, 2.75) is 25.4 Å². The Hall–Kier alpha value is -4.65. The molecule has 0 saturated carbocycles. The first kappa shape index (κ1) is 19.4. The number of fused-ring (bicyclic) bond motifs is 2. The molecule has 1 unspecified atom stereocenters. The lowest BCUT2D eigenvalue weighted by Gasteiger charge is -2.36. The van der Waals surface area contributed by atoms with Gasteiger partial charge in [-0.05, 0) is 49.8 Å². The molecule has 0 spiro atoms. The molecule has 2 aromatic carbocycles. The molecule has 206 valence electrons. The highest BCUT2D eigenvalue weighted by molar-refractivity contribution is 5.97. The number of hydrogen-bond acceptors (Lipinski definition) is 10. The Morgan fingerprint density at radius 2 is 1.98 bits per heavy atom. The summed E-state index contributed by atoms with van der Waals surface area (Å²) in [4.78, 5) is 17.5. The van der Waals surface area contributed by atoms with Crippen molar-refractivity contribution < 1.29 is 31.2 Å². The Balaban J connectivity index is 1.33. The SMILES string of the molecule is [2H]C([2H])([2H])Oc1ccc2ncnc(Nc3ccc(Oc4cc5ncnn5cn4)c(C)c3)c2c1OC1CCN(C([2H])([2H])[2H])CC1(F)F. The predicted molar refractivity (Wildman–Crippen MR) is 143 cm³/mol. The van der Waals surface area contributed by atoms with Gasteiger partial charge >= 0.3 is 0 Å². The van der Waals surface area contributed by atoms with Crippen molar-refractivity contribution >= 4 is 28.1 Å². The number of halogens is 2. The molecule has 11 nitrogen and oxygen atoms in total. The Labute approximate surface area is 236 Å². The lowest BCUT2D eigenvalue weighted by Crippen LogP contribution is -2.52. The average Bonchev–Trinajstić information content (AvgIpc) is 3.43. The highest BCUT2D eigenvalue weighted by Crippen LogP contribution is 2.42. The number of piperidine rings is 1. The molecule has 1 saturated heterocycles. The maximum absolute atomic E-state index is 15.3. The van der Waals surface area contributed by atoms with Crippen molar-refractivity contribution in [2.24, 2.45) is 0 Å². The van der Waals surface area contributed by atoms with E-state index >= 15 is 8.78 Å². The summed E-state index contributed by atoms with van der Waals surface area (Å²) in [5.41, 5.74) is 2.03. The highest BCUT2D eigenvalue weighted by Gasteiger charge is 2.46. The number of nitrogens with zero attached hydrogens (tertiary/aromatic N) is 7. The Morgan fingerprint density at radius 3 is 2.80 bits per heavy atom. The number of methoxy groups -OCH3 is 1. The molecule has 40 heavy (non-hydrogen) atoms. The molecule has 0 radical (unpaired) electrons. The van der Waals surface area contributed by atoms with Crippen LogP contribution in [0.1, 0.15) is 20.2 Å². The molecule has 1 atom stereocenters. The van der Waals surface area contributed by atoms with Crippen LogP contribution in [-0.2, 0) is 0 Å². The quantitative estimate of drug-likeness (QED) is 0.305. The summed E-state index contributed by atoms with van der Waals surface area (Å²) >= 11 is 0. The second-order valence-corrected chi connectivity index (χ2v) is 9.19. The minimum atomic E-state index is -3.60. The molecule has 0 aliphatic carbocycles. The smallest absolute Gasteiger partial charge is 0.296 e. The summed E-state index contributed by atoms with van der Waals surface area (Å²) < 4.78 is 94.5. The van der Waals surface area contributed by atoms with E-state index in [2.05, 4.69) is 30.4 Å². The molecule has 1 N–H and O–H groups in total. The van der Waals surface area contributed by atoms with Gasteiger partial charge in [0.05, 0.1) is 28.6 Å². The Morgan fingerprint density at radius 1 is 1.07 bits per heavy atom. The molecule has 5 aromatic rings. The van der Waals surface area contributed by atoms with Gasteiger partial charge in [-0.15, -0.1) is 0 Å². The number of rotatable bonds is 7. The van der Waals surface area contributed by atoms with Crippen LogP contribution < -0.4 is 19.5 Å². The van der Waals surface area contributed by atoms with Crippen molar-refractivity contribution in [1.29, 1.82) is 0 Å². The fourth-order valence-electron chi connectivity index (χ4n) is 4.46. The Bertz CT molecular complexity index is 1910. The van der Waals surface area contributed by atoms with Crippen LogP contribution in [0.5, 0.6) is 23.1 Å². The van der Waals surface area contributed by atoms with Crippen molar-refractivity contribution in [1.82, 2.24) is 34.4 Å². The van der Waals surface area contributed by atoms with Crippen molar-refractivity contribution in [3.05, 3.63) is 60.9 Å². The summed E-state index contributed by atoms with van der Waals surface area (Å²) in [6.45, 7) is -2.19. The number of nitrogens with one attached hydrogen (secondary N) is 1. The van der Waals surface area contributed by atoms with Crippen LogP contribution in [0.3, 0.4) is 0 Å². The zero-order valence-corrected chi connectivity index (χ0v) is 21.0. The van der Waals surface area contributed by atoms with E-state index in [1.54, 1.807) is 31.2 Å². The molecule has 1 aliphatic heterocycles. The van der Waals surface area contributed by atoms with E-state index in [4.69, 9.17) is 22.4 Å². The monoisotopic (exact) mass is 554 g/mol. The van der Waals surface area contributed by atoms with Crippen LogP contribution in [0.25, 0.3) is 16.6 Å². The van der Waals surface area contributed by atoms with E-state index in [1.165, 1.54) is 35.6 Å². The standard InChI is InChI=1S/C27H26F2N8O3/c1-16-10-17(4-6-19(16)39-23-11-22-31-14-34-37(22)15-33-23)35-26-24-18(30-13-32-26)5-7-20(38-3)25(24)40-21-8-9-36(2)12-27(21,28)29/h4-7,10-11,13-15,21H,8-9,12H2,1-3H3,(H,30,32,35)/i2D3,3D3. The first-order valence-corrected chi connectivity index (χ1v) is 12.1. The summed E-state index contributed by atoms with van der Waals surface area (Å²) in [6, 6.07) is 9.47. The number of ether oxygens (including phenoxy) is 3. The molecular formula is C27H26F2N8O3. The molecule has 1 aliphatic rings. The number of anilines is 2. The van der Waals surface area contributed by atoms with E-state index < -0.39 is 32.6 Å². The van der Waals surface area contributed by atoms with Crippen LogP contribution in [0.15, 0.2) is 55.4 Å². The zero-order chi connectivity index (χ0) is 32.9. The van der Waals surface area contributed by atoms with Gasteiger partial charge in [0.1, 0.15) is 30.5 Å². The molecule has 0 bridgehead atoms. The summed E-state index contributed by atoms with van der Waals surface area (Å²) in [6.07, 6.45) is 1.96. The van der Waals surface area contributed by atoms with E-state index in [9.17, 15) is 0 Å². The number of aromatic nitrogens is 6. The summed E-state index contributed by atoms with van der Waals surface area (Å²) in [7, 11) is -2.94. The van der Waals surface area contributed by atoms with Crippen LogP contribution in [0.2, 0.25) is 0 Å². The molecular weight excluding hydrogens is 522 g/mol. The average molecular weight is 555 g/mol. The van der Waals surface area contributed by atoms with Gasteiger partial charge < -0.3 is 24.4 Å². The minimum Gasteiger partial charge on any atom is -0.493 e. The van der Waals surface area contributed by atoms with Gasteiger partial charge in [0.2, 0.25) is 5.88 Å². The van der Waals surface area contributed by atoms with Gasteiger partial charge in [-0.2, -0.15) is 5.10 Å². The minimum absolute atomic E-state index is 0.0853. The van der Waals surface area contributed by atoms with Crippen LogP contribution in [0, 0.1) is 6.92 Å². The maximum atomic E-state index is 15.3. The topological polar surface area (TPSA) is 112 Å². The molecule has 6 rings (SSSR count). The van der Waals surface area contributed by atoms with Gasteiger partial charge in [-0.25, -0.2) is 33.2 Å². The van der Waals surface area contributed by atoms with Gasteiger partial charge in [0, 0.05) is 28.8 Å². The third kappa shape index (κ3) is 4.91. The van der Waals surface area contributed by atoms with Gasteiger partial charge in [-0.3, -0.25) is 0 Å². The number of hydrogen-bond donors (Lipinski definition) is 1. The van der Waals surface area contributed by atoms with Crippen LogP contribution in [0.4, 0.5) is 20.3 Å². The molecule has 4 heterocycles. The maximum Gasteiger partial charge on any atom is 0.296 e. The second-order valence-electron chi connectivity index (χ2n) is 9.19. The Kier molecular flexibility index (Phi) is 4.93. The lowest BCUT2D eigenvalue weighted by atomic mass is 10.0.